The molecule has 1 heterocycles. The third-order valence-corrected chi connectivity index (χ3v) is 2.75. The number of hydrogen-bond acceptors (Lipinski definition) is 4. The van der Waals surface area contributed by atoms with Crippen LogP contribution >= 0.6 is 0 Å². The Balaban J connectivity index is 2.13. The Morgan fingerprint density at radius 3 is 2.53 bits per heavy atom. The van der Waals surface area contributed by atoms with Crippen molar-refractivity contribution in [1.82, 2.24) is 9.97 Å². The Morgan fingerprint density at radius 1 is 0.947 bits per heavy atom. The molecule has 4 nitrogen and oxygen atoms in total. The normalized spacial score (nSPS) is 10.6. The molecule has 0 saturated heterocycles. The number of nitrogens with two attached hydrogens (primary N) is 1. The summed E-state index contributed by atoms with van der Waals surface area (Å²) in [5.74, 6) is 0.300. The molecular weight excluding hydrogens is 243 g/mol. The zero-order chi connectivity index (χ0) is 13.2. The SMILES string of the molecule is Nc1nc(Nc2ccccc2F)c2ccccc2n1. The predicted molar refractivity (Wildman–Crippen MR) is 73.6 cm³/mol. The fourth-order valence-electron chi connectivity index (χ4n) is 1.88. The van der Waals surface area contributed by atoms with E-state index in [1.807, 2.05) is 24.3 Å². The quantitative estimate of drug-likeness (QED) is 0.737. The van der Waals surface area contributed by atoms with Crippen molar-refractivity contribution < 1.29 is 4.39 Å². The summed E-state index contributed by atoms with van der Waals surface area (Å²) in [5.41, 5.74) is 6.73. The van der Waals surface area contributed by atoms with Crippen molar-refractivity contribution in [2.45, 2.75) is 0 Å². The van der Waals surface area contributed by atoms with Crippen molar-refractivity contribution in [3.05, 3.63) is 54.3 Å². The molecule has 2 aromatic carbocycles. The minimum atomic E-state index is -0.344. The number of rotatable bonds is 2. The van der Waals surface area contributed by atoms with Gasteiger partial charge in [0.15, 0.2) is 0 Å². The maximum absolute atomic E-state index is 13.6. The monoisotopic (exact) mass is 254 g/mol. The molecule has 3 N–H and O–H groups in total. The molecule has 0 unspecified atom stereocenters. The molecule has 0 fully saturated rings. The molecule has 94 valence electrons. The number of nitrogens with zero attached hydrogens (tertiary/aromatic N) is 2. The van der Waals surface area contributed by atoms with Crippen LogP contribution < -0.4 is 11.1 Å². The van der Waals surface area contributed by atoms with E-state index in [4.69, 9.17) is 5.73 Å². The van der Waals surface area contributed by atoms with Gasteiger partial charge in [0.05, 0.1) is 11.2 Å². The van der Waals surface area contributed by atoms with Crippen LogP contribution in [0.3, 0.4) is 0 Å². The molecule has 3 rings (SSSR count). The number of halogens is 1. The van der Waals surface area contributed by atoms with Gasteiger partial charge < -0.3 is 11.1 Å². The van der Waals surface area contributed by atoms with Crippen LogP contribution in [0, 0.1) is 5.82 Å². The summed E-state index contributed by atoms with van der Waals surface area (Å²) in [4.78, 5) is 8.26. The van der Waals surface area contributed by atoms with Crippen LogP contribution in [0.15, 0.2) is 48.5 Å². The first-order chi connectivity index (χ1) is 9.24. The molecule has 0 aliphatic heterocycles. The summed E-state index contributed by atoms with van der Waals surface area (Å²) in [5, 5.41) is 3.74. The molecule has 1 aromatic heterocycles. The van der Waals surface area contributed by atoms with Crippen molar-refractivity contribution >= 4 is 28.4 Å². The van der Waals surface area contributed by atoms with E-state index in [2.05, 4.69) is 15.3 Å². The second-order valence-corrected chi connectivity index (χ2v) is 4.05. The first-order valence-electron chi connectivity index (χ1n) is 5.78. The zero-order valence-electron chi connectivity index (χ0n) is 9.97. The Kier molecular flexibility index (Phi) is 2.72. The molecule has 0 bridgehead atoms. The lowest BCUT2D eigenvalue weighted by Crippen LogP contribution is -2.02. The Morgan fingerprint density at radius 2 is 1.68 bits per heavy atom. The highest BCUT2D eigenvalue weighted by molar-refractivity contribution is 5.91. The van der Waals surface area contributed by atoms with Gasteiger partial charge in [-0.1, -0.05) is 24.3 Å². The number of aromatic nitrogens is 2. The van der Waals surface area contributed by atoms with Gasteiger partial charge in [0.25, 0.3) is 0 Å². The lowest BCUT2D eigenvalue weighted by atomic mass is 10.2. The Labute approximate surface area is 109 Å². The number of benzene rings is 2. The predicted octanol–water partition coefficient (Wildman–Crippen LogP) is 3.09. The van der Waals surface area contributed by atoms with Crippen molar-refractivity contribution in [3.8, 4) is 0 Å². The van der Waals surface area contributed by atoms with Crippen molar-refractivity contribution in [2.24, 2.45) is 0 Å². The summed E-state index contributed by atoms with van der Waals surface area (Å²) in [6, 6.07) is 13.8. The van der Waals surface area contributed by atoms with Gasteiger partial charge in [0.2, 0.25) is 5.95 Å². The molecule has 5 heteroatoms. The van der Waals surface area contributed by atoms with Crippen LogP contribution in [0.25, 0.3) is 10.9 Å². The molecule has 0 amide bonds. The fourth-order valence-corrected chi connectivity index (χ4v) is 1.88. The lowest BCUT2D eigenvalue weighted by molar-refractivity contribution is 0.632. The maximum atomic E-state index is 13.6. The second kappa shape index (κ2) is 4.53. The third-order valence-electron chi connectivity index (χ3n) is 2.75. The molecule has 0 aliphatic rings. The van der Waals surface area contributed by atoms with Crippen LogP contribution in [-0.2, 0) is 0 Å². The number of nitrogens with one attached hydrogen (secondary N) is 1. The van der Waals surface area contributed by atoms with Crippen molar-refractivity contribution in [1.29, 1.82) is 0 Å². The van der Waals surface area contributed by atoms with Crippen molar-refractivity contribution in [3.63, 3.8) is 0 Å². The van der Waals surface area contributed by atoms with E-state index >= 15 is 0 Å². The number of para-hydroxylation sites is 2. The van der Waals surface area contributed by atoms with E-state index < -0.39 is 0 Å². The summed E-state index contributed by atoms with van der Waals surface area (Å²) in [6.07, 6.45) is 0. The molecule has 0 spiro atoms. The summed E-state index contributed by atoms with van der Waals surface area (Å²) < 4.78 is 13.6. The lowest BCUT2D eigenvalue weighted by Gasteiger charge is -2.09. The van der Waals surface area contributed by atoms with Gasteiger partial charge in [0.1, 0.15) is 11.6 Å². The Bertz CT molecular complexity index is 742. The van der Waals surface area contributed by atoms with Crippen molar-refractivity contribution in [2.75, 3.05) is 11.1 Å². The van der Waals surface area contributed by atoms with Crippen LogP contribution in [0.4, 0.5) is 21.8 Å². The molecule has 3 aromatic rings. The number of anilines is 3. The number of nitrogen functional groups attached to an aromatic ring is 1. The van der Waals surface area contributed by atoms with Crippen LogP contribution in [0.5, 0.6) is 0 Å². The van der Waals surface area contributed by atoms with Gasteiger partial charge in [-0.15, -0.1) is 0 Å². The minimum Gasteiger partial charge on any atom is -0.368 e. The standard InChI is InChI=1S/C14H11FN4/c15-10-6-2-4-8-12(10)17-13-9-5-1-3-7-11(9)18-14(16)19-13/h1-8H,(H3,16,17,18,19). The number of hydrogen-bond donors (Lipinski definition) is 2. The molecule has 19 heavy (non-hydrogen) atoms. The second-order valence-electron chi connectivity index (χ2n) is 4.05. The summed E-state index contributed by atoms with van der Waals surface area (Å²) >= 11 is 0. The average molecular weight is 254 g/mol. The first-order valence-corrected chi connectivity index (χ1v) is 5.78. The van der Waals surface area contributed by atoms with E-state index in [-0.39, 0.29) is 11.8 Å². The van der Waals surface area contributed by atoms with Crippen LogP contribution in [0.2, 0.25) is 0 Å². The third kappa shape index (κ3) is 2.18. The van der Waals surface area contributed by atoms with E-state index in [1.54, 1.807) is 18.2 Å². The van der Waals surface area contributed by atoms with E-state index in [0.717, 1.165) is 5.39 Å². The first kappa shape index (κ1) is 11.4. The van der Waals surface area contributed by atoms with Gasteiger partial charge in [-0.05, 0) is 24.3 Å². The molecule has 0 aliphatic carbocycles. The number of fused-ring (bicyclic) bond motifs is 1. The topological polar surface area (TPSA) is 63.8 Å². The highest BCUT2D eigenvalue weighted by Crippen LogP contribution is 2.25. The molecule has 0 radical (unpaired) electrons. The molecule has 0 saturated carbocycles. The molecule has 0 atom stereocenters. The van der Waals surface area contributed by atoms with Gasteiger partial charge >= 0.3 is 0 Å². The van der Waals surface area contributed by atoms with Gasteiger partial charge in [0, 0.05) is 5.39 Å². The largest absolute Gasteiger partial charge is 0.368 e. The highest BCUT2D eigenvalue weighted by Gasteiger charge is 2.08. The average Bonchev–Trinajstić information content (AvgIpc) is 2.41. The van der Waals surface area contributed by atoms with Crippen LogP contribution in [-0.4, -0.2) is 9.97 Å². The van der Waals surface area contributed by atoms with Crippen LogP contribution in [0.1, 0.15) is 0 Å². The minimum absolute atomic E-state index is 0.150. The van der Waals surface area contributed by atoms with Gasteiger partial charge in [-0.2, -0.15) is 4.98 Å². The summed E-state index contributed by atoms with van der Waals surface area (Å²) in [7, 11) is 0. The van der Waals surface area contributed by atoms with E-state index in [9.17, 15) is 4.39 Å². The van der Waals surface area contributed by atoms with Gasteiger partial charge in [-0.25, -0.2) is 9.37 Å². The molecular formula is C14H11FN4. The van der Waals surface area contributed by atoms with E-state index in [0.29, 0.717) is 17.0 Å². The van der Waals surface area contributed by atoms with Gasteiger partial charge in [-0.3, -0.25) is 0 Å². The smallest absolute Gasteiger partial charge is 0.222 e. The zero-order valence-corrected chi connectivity index (χ0v) is 9.97. The van der Waals surface area contributed by atoms with E-state index in [1.165, 1.54) is 6.07 Å². The Hall–Kier alpha value is -2.69. The maximum Gasteiger partial charge on any atom is 0.222 e. The highest BCUT2D eigenvalue weighted by atomic mass is 19.1. The fraction of sp³-hybridized carbons (Fsp3) is 0. The summed E-state index contributed by atoms with van der Waals surface area (Å²) in [6.45, 7) is 0.